The minimum atomic E-state index is -3.74. The normalized spacial score (nSPS) is 15.4. The van der Waals surface area contributed by atoms with Gasteiger partial charge in [0.1, 0.15) is 4.90 Å². The van der Waals surface area contributed by atoms with E-state index in [4.69, 9.17) is 23.2 Å². The number of halogens is 2. The summed E-state index contributed by atoms with van der Waals surface area (Å²) in [6.07, 6.45) is 0.109. The van der Waals surface area contributed by atoms with Gasteiger partial charge in [0.05, 0.1) is 5.02 Å². The van der Waals surface area contributed by atoms with Crippen molar-refractivity contribution >= 4 is 39.1 Å². The lowest BCUT2D eigenvalue weighted by Gasteiger charge is -2.34. The predicted molar refractivity (Wildman–Crippen MR) is 115 cm³/mol. The zero-order valence-electron chi connectivity index (χ0n) is 15.9. The van der Waals surface area contributed by atoms with Crippen LogP contribution < -0.4 is 4.72 Å². The van der Waals surface area contributed by atoms with E-state index in [1.807, 2.05) is 24.3 Å². The Kier molecular flexibility index (Phi) is 7.54. The summed E-state index contributed by atoms with van der Waals surface area (Å²) in [6.45, 7) is 3.61. The molecule has 1 aliphatic heterocycles. The second kappa shape index (κ2) is 9.91. The number of carbonyl (C=O) groups is 1. The molecule has 1 N–H and O–H groups in total. The molecule has 1 heterocycles. The fraction of sp³-hybridized carbons (Fsp3) is 0.350. The van der Waals surface area contributed by atoms with Crippen molar-refractivity contribution in [2.24, 2.45) is 0 Å². The fourth-order valence-corrected chi connectivity index (χ4v) is 5.00. The maximum absolute atomic E-state index is 12.4. The number of benzene rings is 2. The number of amides is 1. The standard InChI is InChI=1S/C20H23Cl2N3O3S/c21-17-5-3-4-16(14-17)15-24-10-12-25(13-11-24)20(26)8-9-23-29(27,28)19-7-2-1-6-18(19)22/h1-7,14,23H,8-13,15H2. The van der Waals surface area contributed by atoms with Crippen LogP contribution in [-0.2, 0) is 21.4 Å². The summed E-state index contributed by atoms with van der Waals surface area (Å²) in [5, 5.41) is 0.873. The van der Waals surface area contributed by atoms with Gasteiger partial charge in [-0.15, -0.1) is 0 Å². The van der Waals surface area contributed by atoms with Gasteiger partial charge in [0, 0.05) is 50.7 Å². The second-order valence-electron chi connectivity index (χ2n) is 6.87. The Morgan fingerprint density at radius 1 is 1.00 bits per heavy atom. The summed E-state index contributed by atoms with van der Waals surface area (Å²) < 4.78 is 27.1. The van der Waals surface area contributed by atoms with Crippen LogP contribution in [-0.4, -0.2) is 56.8 Å². The van der Waals surface area contributed by atoms with Crippen LogP contribution in [0.1, 0.15) is 12.0 Å². The van der Waals surface area contributed by atoms with Gasteiger partial charge in [0.25, 0.3) is 0 Å². The molecule has 0 spiro atoms. The van der Waals surface area contributed by atoms with Gasteiger partial charge in [0.15, 0.2) is 0 Å². The van der Waals surface area contributed by atoms with Crippen molar-refractivity contribution in [3.05, 3.63) is 64.1 Å². The molecule has 1 amide bonds. The molecule has 6 nitrogen and oxygen atoms in total. The third-order valence-corrected chi connectivity index (χ3v) is 6.97. The van der Waals surface area contributed by atoms with E-state index < -0.39 is 10.0 Å². The van der Waals surface area contributed by atoms with Crippen molar-refractivity contribution in [2.45, 2.75) is 17.9 Å². The van der Waals surface area contributed by atoms with E-state index in [1.54, 1.807) is 17.0 Å². The maximum atomic E-state index is 12.4. The average molecular weight is 456 g/mol. The van der Waals surface area contributed by atoms with Crippen molar-refractivity contribution in [1.29, 1.82) is 0 Å². The van der Waals surface area contributed by atoms with Crippen molar-refractivity contribution < 1.29 is 13.2 Å². The van der Waals surface area contributed by atoms with Gasteiger partial charge in [-0.25, -0.2) is 13.1 Å². The molecule has 0 radical (unpaired) electrons. The van der Waals surface area contributed by atoms with Crippen LogP contribution in [0.2, 0.25) is 10.0 Å². The lowest BCUT2D eigenvalue weighted by atomic mass is 10.2. The quantitative estimate of drug-likeness (QED) is 0.696. The zero-order valence-corrected chi connectivity index (χ0v) is 18.2. The Morgan fingerprint density at radius 3 is 2.41 bits per heavy atom. The number of carbonyl (C=O) groups excluding carboxylic acids is 1. The van der Waals surface area contributed by atoms with Gasteiger partial charge >= 0.3 is 0 Å². The summed E-state index contributed by atoms with van der Waals surface area (Å²) in [5.41, 5.74) is 1.14. The minimum absolute atomic E-state index is 0.0174. The highest BCUT2D eigenvalue weighted by Gasteiger charge is 2.22. The molecule has 29 heavy (non-hydrogen) atoms. The van der Waals surface area contributed by atoms with Gasteiger partial charge in [-0.05, 0) is 29.8 Å². The molecule has 2 aromatic rings. The highest BCUT2D eigenvalue weighted by molar-refractivity contribution is 7.89. The molecule has 156 valence electrons. The van der Waals surface area contributed by atoms with Crippen molar-refractivity contribution in [1.82, 2.24) is 14.5 Å². The molecule has 9 heteroatoms. The van der Waals surface area contributed by atoms with Crippen LogP contribution in [0.3, 0.4) is 0 Å². The largest absolute Gasteiger partial charge is 0.340 e. The van der Waals surface area contributed by atoms with E-state index >= 15 is 0 Å². The Balaban J connectivity index is 1.43. The van der Waals surface area contributed by atoms with Crippen LogP contribution >= 0.6 is 23.2 Å². The van der Waals surface area contributed by atoms with E-state index in [-0.39, 0.29) is 28.8 Å². The first-order chi connectivity index (χ1) is 13.8. The fourth-order valence-electron chi connectivity index (χ4n) is 3.24. The molecular formula is C20H23Cl2N3O3S. The van der Waals surface area contributed by atoms with E-state index in [9.17, 15) is 13.2 Å². The first-order valence-corrected chi connectivity index (χ1v) is 11.6. The molecule has 0 aromatic heterocycles. The molecule has 0 saturated carbocycles. The van der Waals surface area contributed by atoms with Gasteiger partial charge in [-0.1, -0.05) is 47.5 Å². The van der Waals surface area contributed by atoms with Crippen LogP contribution in [0.25, 0.3) is 0 Å². The molecular weight excluding hydrogens is 433 g/mol. The number of hydrogen-bond donors (Lipinski definition) is 1. The summed E-state index contributed by atoms with van der Waals surface area (Å²) in [5.74, 6) is -0.0609. The number of piperazine rings is 1. The minimum Gasteiger partial charge on any atom is -0.340 e. The molecule has 1 aliphatic rings. The summed E-state index contributed by atoms with van der Waals surface area (Å²) in [4.78, 5) is 16.5. The molecule has 2 aromatic carbocycles. The Hall–Kier alpha value is -1.64. The van der Waals surface area contributed by atoms with Crippen molar-refractivity contribution in [3.8, 4) is 0 Å². The van der Waals surface area contributed by atoms with E-state index in [2.05, 4.69) is 9.62 Å². The smallest absolute Gasteiger partial charge is 0.242 e. The first kappa shape index (κ1) is 22.1. The van der Waals surface area contributed by atoms with Crippen molar-refractivity contribution in [3.63, 3.8) is 0 Å². The molecule has 3 rings (SSSR count). The monoisotopic (exact) mass is 455 g/mol. The van der Waals surface area contributed by atoms with E-state index in [0.717, 1.165) is 30.2 Å². The van der Waals surface area contributed by atoms with Crippen molar-refractivity contribution in [2.75, 3.05) is 32.7 Å². The SMILES string of the molecule is O=C(CCNS(=O)(=O)c1ccccc1Cl)N1CCN(Cc2cccc(Cl)c2)CC1. The number of rotatable bonds is 7. The first-order valence-electron chi connectivity index (χ1n) is 9.34. The topological polar surface area (TPSA) is 69.7 Å². The summed E-state index contributed by atoms with van der Waals surface area (Å²) >= 11 is 12.0. The molecule has 0 aliphatic carbocycles. The lowest BCUT2D eigenvalue weighted by Crippen LogP contribution is -2.48. The molecule has 0 unspecified atom stereocenters. The molecule has 1 fully saturated rings. The van der Waals surface area contributed by atoms with E-state index in [1.165, 1.54) is 12.1 Å². The Morgan fingerprint density at radius 2 is 1.72 bits per heavy atom. The third-order valence-electron chi connectivity index (χ3n) is 4.78. The summed E-state index contributed by atoms with van der Waals surface area (Å²) in [6, 6.07) is 14.0. The molecule has 1 saturated heterocycles. The molecule has 0 bridgehead atoms. The van der Waals surface area contributed by atoms with Gasteiger partial charge in [0.2, 0.25) is 15.9 Å². The molecule has 0 atom stereocenters. The summed E-state index contributed by atoms with van der Waals surface area (Å²) in [7, 11) is -3.74. The van der Waals surface area contributed by atoms with E-state index in [0.29, 0.717) is 13.1 Å². The van der Waals surface area contributed by atoms with Gasteiger partial charge in [-0.3, -0.25) is 9.69 Å². The van der Waals surface area contributed by atoms with Crippen LogP contribution in [0.5, 0.6) is 0 Å². The third kappa shape index (κ3) is 6.17. The average Bonchev–Trinajstić information content (AvgIpc) is 2.68. The van der Waals surface area contributed by atoms with Gasteiger partial charge in [-0.2, -0.15) is 0 Å². The maximum Gasteiger partial charge on any atom is 0.242 e. The van der Waals surface area contributed by atoms with Crippen LogP contribution in [0.15, 0.2) is 53.4 Å². The van der Waals surface area contributed by atoms with Gasteiger partial charge < -0.3 is 4.90 Å². The zero-order chi connectivity index (χ0) is 20.9. The number of nitrogens with one attached hydrogen (secondary N) is 1. The lowest BCUT2D eigenvalue weighted by molar-refractivity contribution is -0.132. The highest BCUT2D eigenvalue weighted by Crippen LogP contribution is 2.20. The Bertz CT molecular complexity index is 961. The Labute approximate surface area is 181 Å². The highest BCUT2D eigenvalue weighted by atomic mass is 35.5. The number of nitrogens with zero attached hydrogens (tertiary/aromatic N) is 2. The van der Waals surface area contributed by atoms with Crippen LogP contribution in [0, 0.1) is 0 Å². The number of sulfonamides is 1. The van der Waals surface area contributed by atoms with Crippen LogP contribution in [0.4, 0.5) is 0 Å². The number of hydrogen-bond acceptors (Lipinski definition) is 4. The second-order valence-corrected chi connectivity index (χ2v) is 9.44. The predicted octanol–water partition coefficient (Wildman–Crippen LogP) is 3.01.